The van der Waals surface area contributed by atoms with Crippen molar-refractivity contribution in [1.82, 2.24) is 10.6 Å². The molecule has 1 heterocycles. The van der Waals surface area contributed by atoms with Gasteiger partial charge in [0.2, 0.25) is 0 Å². The van der Waals surface area contributed by atoms with E-state index in [4.69, 9.17) is 0 Å². The molecule has 2 aliphatic rings. The van der Waals surface area contributed by atoms with Gasteiger partial charge in [0.25, 0.3) is 0 Å². The molecule has 1 saturated heterocycles. The van der Waals surface area contributed by atoms with Gasteiger partial charge in [0.15, 0.2) is 0 Å². The number of benzene rings is 1. The number of β-amino-alcohol motifs (C(OH)–C–C–N with tert-alkyl or cyclic N) is 1. The fraction of sp³-hybridized carbons (Fsp3) is 0.615. The van der Waals surface area contributed by atoms with Crippen LogP contribution < -0.4 is 10.6 Å². The first kappa shape index (κ1) is 24.1. The highest BCUT2D eigenvalue weighted by Gasteiger charge is 2.43. The summed E-state index contributed by atoms with van der Waals surface area (Å²) in [5.41, 5.74) is 2.00. The lowest BCUT2D eigenvalue weighted by atomic mass is 9.60. The molecule has 1 aliphatic heterocycles. The molecule has 1 fully saturated rings. The second-order valence-electron chi connectivity index (χ2n) is 10.6. The summed E-state index contributed by atoms with van der Waals surface area (Å²) in [6.07, 6.45) is 10.2. The first-order valence-corrected chi connectivity index (χ1v) is 11.5. The van der Waals surface area contributed by atoms with Crippen LogP contribution in [0.2, 0.25) is 0 Å². The lowest BCUT2D eigenvalue weighted by molar-refractivity contribution is 0.131. The Hall–Kier alpha value is -1.56. The van der Waals surface area contributed by atoms with Crippen LogP contribution in [0.3, 0.4) is 0 Å². The van der Waals surface area contributed by atoms with Crippen LogP contribution in [0.5, 0.6) is 0 Å². The van der Waals surface area contributed by atoms with E-state index >= 15 is 0 Å². The van der Waals surface area contributed by atoms with Gasteiger partial charge in [0.1, 0.15) is 11.6 Å². The van der Waals surface area contributed by atoms with E-state index in [0.29, 0.717) is 24.9 Å². The summed E-state index contributed by atoms with van der Waals surface area (Å²) < 4.78 is 26.8. The monoisotopic (exact) mass is 432 g/mol. The average Bonchev–Trinajstić information content (AvgIpc) is 2.70. The zero-order chi connectivity index (χ0) is 22.7. The second kappa shape index (κ2) is 9.51. The van der Waals surface area contributed by atoms with Crippen molar-refractivity contribution in [3.8, 4) is 0 Å². The molecule has 0 amide bonds. The zero-order valence-corrected chi connectivity index (χ0v) is 19.4. The van der Waals surface area contributed by atoms with Crippen LogP contribution in [0, 0.1) is 22.5 Å². The van der Waals surface area contributed by atoms with Crippen LogP contribution in [0.15, 0.2) is 42.0 Å². The topological polar surface area (TPSA) is 44.3 Å². The minimum Gasteiger partial charge on any atom is -0.392 e. The molecule has 3 nitrogen and oxygen atoms in total. The van der Waals surface area contributed by atoms with Crippen LogP contribution in [0.4, 0.5) is 8.78 Å². The van der Waals surface area contributed by atoms with Crippen molar-refractivity contribution in [2.24, 2.45) is 10.8 Å². The Morgan fingerprint density at radius 2 is 1.90 bits per heavy atom. The van der Waals surface area contributed by atoms with Gasteiger partial charge in [-0.15, -0.1) is 0 Å². The minimum absolute atomic E-state index is 0.0727. The number of hydrogen-bond acceptors (Lipinski definition) is 3. The summed E-state index contributed by atoms with van der Waals surface area (Å²) in [4.78, 5) is 0. The molecule has 3 rings (SSSR count). The summed E-state index contributed by atoms with van der Waals surface area (Å²) in [6, 6.07) is 3.55. The molecule has 1 aromatic rings. The van der Waals surface area contributed by atoms with E-state index in [1.165, 1.54) is 17.7 Å². The molecule has 3 unspecified atom stereocenters. The molecule has 0 spiro atoms. The smallest absolute Gasteiger partial charge is 0.126 e. The van der Waals surface area contributed by atoms with Gasteiger partial charge in [-0.2, -0.15) is 0 Å². The summed E-state index contributed by atoms with van der Waals surface area (Å²) >= 11 is 0. The molecule has 1 aromatic carbocycles. The van der Waals surface area contributed by atoms with Gasteiger partial charge in [-0.25, -0.2) is 8.78 Å². The van der Waals surface area contributed by atoms with Gasteiger partial charge >= 0.3 is 0 Å². The van der Waals surface area contributed by atoms with Gasteiger partial charge in [0, 0.05) is 19.2 Å². The summed E-state index contributed by atoms with van der Waals surface area (Å²) in [5.74, 6) is -1.15. The SMILES string of the molecule is CC(C)(C)C1(C)C=CC=C(C2(NCC(O)CCc3cc(F)cc(F)c3)CCCNC2)C1. The number of aliphatic hydroxyl groups is 1. The van der Waals surface area contributed by atoms with E-state index in [1.807, 2.05) is 0 Å². The van der Waals surface area contributed by atoms with Crippen molar-refractivity contribution < 1.29 is 13.9 Å². The third-order valence-electron chi connectivity index (χ3n) is 7.40. The Morgan fingerprint density at radius 1 is 1.19 bits per heavy atom. The highest BCUT2D eigenvalue weighted by Crippen LogP contribution is 2.48. The standard InChI is InChI=1S/C26H38F2N2O/c1-24(2,3)25(4)10-5-7-20(16-25)26(11-6-12-29-18-26)30-17-23(31)9-8-19-13-21(27)15-22(28)14-19/h5,7,10,13-15,23,29-31H,6,8-9,11-12,16-18H2,1-4H3. The fourth-order valence-corrected chi connectivity index (χ4v) is 4.68. The van der Waals surface area contributed by atoms with E-state index in [2.05, 4.69) is 56.6 Å². The second-order valence-corrected chi connectivity index (χ2v) is 10.6. The highest BCUT2D eigenvalue weighted by molar-refractivity contribution is 5.34. The number of aliphatic hydroxyl groups excluding tert-OH is 1. The Kier molecular flexibility index (Phi) is 7.39. The molecule has 5 heteroatoms. The van der Waals surface area contributed by atoms with Gasteiger partial charge in [-0.05, 0) is 72.7 Å². The normalized spacial score (nSPS) is 27.8. The maximum absolute atomic E-state index is 13.4. The van der Waals surface area contributed by atoms with Crippen molar-refractivity contribution in [2.45, 2.75) is 71.4 Å². The lowest BCUT2D eigenvalue weighted by Gasteiger charge is -2.48. The number of nitrogens with one attached hydrogen (secondary N) is 2. The van der Waals surface area contributed by atoms with Gasteiger partial charge in [-0.1, -0.05) is 45.9 Å². The van der Waals surface area contributed by atoms with Gasteiger partial charge < -0.3 is 15.7 Å². The maximum Gasteiger partial charge on any atom is 0.126 e. The quantitative estimate of drug-likeness (QED) is 0.574. The third-order valence-corrected chi connectivity index (χ3v) is 7.40. The van der Waals surface area contributed by atoms with Crippen LogP contribution in [-0.4, -0.2) is 36.4 Å². The molecule has 1 aliphatic carbocycles. The van der Waals surface area contributed by atoms with Crippen molar-refractivity contribution in [3.05, 3.63) is 59.2 Å². The molecule has 3 atom stereocenters. The number of rotatable bonds is 7. The van der Waals surface area contributed by atoms with Gasteiger partial charge in [-0.3, -0.25) is 0 Å². The number of halogens is 2. The zero-order valence-electron chi connectivity index (χ0n) is 19.4. The molecular weight excluding hydrogens is 394 g/mol. The van der Waals surface area contributed by atoms with Crippen LogP contribution in [0.25, 0.3) is 0 Å². The molecular formula is C26H38F2N2O. The fourth-order valence-electron chi connectivity index (χ4n) is 4.68. The third kappa shape index (κ3) is 5.82. The molecule has 0 radical (unpaired) electrons. The van der Waals surface area contributed by atoms with E-state index in [-0.39, 0.29) is 16.4 Å². The van der Waals surface area contributed by atoms with E-state index in [9.17, 15) is 13.9 Å². The number of piperidine rings is 1. The predicted octanol–water partition coefficient (Wildman–Crippen LogP) is 4.91. The minimum atomic E-state index is -0.584. The van der Waals surface area contributed by atoms with Crippen molar-refractivity contribution in [3.63, 3.8) is 0 Å². The molecule has 0 saturated carbocycles. The van der Waals surface area contributed by atoms with E-state index < -0.39 is 17.7 Å². The first-order valence-electron chi connectivity index (χ1n) is 11.5. The Labute approximate surface area is 186 Å². The van der Waals surface area contributed by atoms with Gasteiger partial charge in [0.05, 0.1) is 11.6 Å². The largest absolute Gasteiger partial charge is 0.392 e. The molecule has 31 heavy (non-hydrogen) atoms. The molecule has 0 aromatic heterocycles. The molecule has 0 bridgehead atoms. The highest BCUT2D eigenvalue weighted by atomic mass is 19.1. The van der Waals surface area contributed by atoms with Crippen molar-refractivity contribution in [1.29, 1.82) is 0 Å². The Balaban J connectivity index is 1.66. The maximum atomic E-state index is 13.4. The number of allylic oxidation sites excluding steroid dienone is 3. The van der Waals surface area contributed by atoms with Crippen LogP contribution >= 0.6 is 0 Å². The van der Waals surface area contributed by atoms with Crippen molar-refractivity contribution >= 4 is 0 Å². The summed E-state index contributed by atoms with van der Waals surface area (Å²) in [7, 11) is 0. The molecule has 172 valence electrons. The first-order chi connectivity index (χ1) is 14.5. The lowest BCUT2D eigenvalue weighted by Crippen LogP contribution is -2.59. The number of hydrogen-bond donors (Lipinski definition) is 3. The van der Waals surface area contributed by atoms with Crippen LogP contribution in [0.1, 0.15) is 58.9 Å². The van der Waals surface area contributed by atoms with E-state index in [1.54, 1.807) is 0 Å². The average molecular weight is 433 g/mol. The molecule has 3 N–H and O–H groups in total. The summed E-state index contributed by atoms with van der Waals surface area (Å²) in [6.45, 7) is 11.5. The van der Waals surface area contributed by atoms with Crippen LogP contribution in [-0.2, 0) is 6.42 Å². The summed E-state index contributed by atoms with van der Waals surface area (Å²) in [5, 5.41) is 17.9. The Bertz CT molecular complexity index is 801. The van der Waals surface area contributed by atoms with E-state index in [0.717, 1.165) is 38.4 Å². The predicted molar refractivity (Wildman–Crippen MR) is 123 cm³/mol. The number of aryl methyl sites for hydroxylation is 1. The van der Waals surface area contributed by atoms with Crippen molar-refractivity contribution in [2.75, 3.05) is 19.6 Å². The Morgan fingerprint density at radius 3 is 2.52 bits per heavy atom.